The molecule has 0 unspecified atom stereocenters. The summed E-state index contributed by atoms with van der Waals surface area (Å²) in [6, 6.07) is 13.1. The smallest absolute Gasteiger partial charge is 0.313 e. The molecule has 0 bridgehead atoms. The van der Waals surface area contributed by atoms with Gasteiger partial charge in [0.25, 0.3) is 5.91 Å². The topological polar surface area (TPSA) is 64.6 Å². The molecule has 26 heavy (non-hydrogen) atoms. The average Bonchev–Trinajstić information content (AvgIpc) is 2.64. The van der Waals surface area contributed by atoms with Crippen LogP contribution in [0.4, 0.5) is 0 Å². The molecule has 1 heterocycles. The van der Waals surface area contributed by atoms with Crippen LogP contribution < -0.4 is 10.1 Å². The van der Waals surface area contributed by atoms with Gasteiger partial charge in [0.15, 0.2) is 6.61 Å². The highest BCUT2D eigenvalue weighted by Crippen LogP contribution is 2.30. The second-order valence-corrected chi connectivity index (χ2v) is 6.71. The Bertz CT molecular complexity index is 821. The number of nitrogens with one attached hydrogen (secondary N) is 1. The fourth-order valence-electron chi connectivity index (χ4n) is 2.82. The van der Waals surface area contributed by atoms with E-state index in [1.54, 1.807) is 18.2 Å². The van der Waals surface area contributed by atoms with E-state index in [4.69, 9.17) is 21.1 Å². The van der Waals surface area contributed by atoms with Gasteiger partial charge in [0, 0.05) is 11.6 Å². The number of benzene rings is 2. The fraction of sp³-hybridized carbons (Fsp3) is 0.300. The molecule has 1 amide bonds. The van der Waals surface area contributed by atoms with Crippen molar-refractivity contribution < 1.29 is 19.1 Å². The van der Waals surface area contributed by atoms with E-state index in [2.05, 4.69) is 5.32 Å². The Morgan fingerprint density at radius 2 is 2.08 bits per heavy atom. The summed E-state index contributed by atoms with van der Waals surface area (Å²) in [5, 5.41) is 3.35. The Labute approximate surface area is 157 Å². The highest BCUT2D eigenvalue weighted by Gasteiger charge is 2.27. The summed E-state index contributed by atoms with van der Waals surface area (Å²) < 4.78 is 10.7. The monoisotopic (exact) mass is 373 g/mol. The van der Waals surface area contributed by atoms with Gasteiger partial charge < -0.3 is 14.8 Å². The van der Waals surface area contributed by atoms with E-state index in [0.717, 1.165) is 22.4 Å². The molecule has 0 saturated heterocycles. The number of rotatable bonds is 5. The highest BCUT2D eigenvalue weighted by molar-refractivity contribution is 6.30. The van der Waals surface area contributed by atoms with Crippen LogP contribution in [0.1, 0.15) is 16.7 Å². The van der Waals surface area contributed by atoms with Gasteiger partial charge in [0.05, 0.1) is 5.92 Å². The van der Waals surface area contributed by atoms with Crippen LogP contribution in [0.25, 0.3) is 0 Å². The number of carbonyl (C=O) groups excluding carboxylic acids is 2. The Hall–Kier alpha value is -2.53. The van der Waals surface area contributed by atoms with Crippen molar-refractivity contribution in [2.24, 2.45) is 5.92 Å². The van der Waals surface area contributed by atoms with Crippen LogP contribution in [0.2, 0.25) is 5.02 Å². The Balaban J connectivity index is 1.47. The molecule has 2 aromatic rings. The third kappa shape index (κ3) is 4.55. The lowest BCUT2D eigenvalue weighted by molar-refractivity contribution is -0.153. The maximum Gasteiger partial charge on any atom is 0.313 e. The molecule has 1 atom stereocenters. The van der Waals surface area contributed by atoms with E-state index in [0.29, 0.717) is 18.0 Å². The number of carbonyl (C=O) groups is 2. The summed E-state index contributed by atoms with van der Waals surface area (Å²) in [6.07, 6.45) is 0.486. The number of amides is 1. The number of ether oxygens (including phenoxy) is 2. The molecule has 3 rings (SSSR count). The van der Waals surface area contributed by atoms with Crippen LogP contribution in [-0.2, 0) is 27.3 Å². The number of halogens is 1. The van der Waals surface area contributed by atoms with E-state index < -0.39 is 11.9 Å². The van der Waals surface area contributed by atoms with Crippen molar-refractivity contribution in [1.29, 1.82) is 0 Å². The van der Waals surface area contributed by atoms with Crippen molar-refractivity contribution in [3.05, 3.63) is 64.2 Å². The first-order chi connectivity index (χ1) is 12.5. The summed E-state index contributed by atoms with van der Waals surface area (Å²) in [5.74, 6) is -0.483. The lowest BCUT2D eigenvalue weighted by Crippen LogP contribution is -2.33. The molecule has 1 N–H and O–H groups in total. The zero-order chi connectivity index (χ0) is 18.5. The molecule has 0 aromatic heterocycles. The van der Waals surface area contributed by atoms with Crippen molar-refractivity contribution in [2.45, 2.75) is 19.9 Å². The fourth-order valence-corrected chi connectivity index (χ4v) is 3.02. The molecular weight excluding hydrogens is 354 g/mol. The molecule has 0 spiro atoms. The zero-order valence-electron chi connectivity index (χ0n) is 14.5. The average molecular weight is 374 g/mol. The second-order valence-electron chi connectivity index (χ2n) is 6.28. The highest BCUT2D eigenvalue weighted by atomic mass is 35.5. The van der Waals surface area contributed by atoms with Gasteiger partial charge >= 0.3 is 5.97 Å². The maximum atomic E-state index is 12.2. The number of esters is 1. The van der Waals surface area contributed by atoms with Crippen molar-refractivity contribution in [3.8, 4) is 5.75 Å². The summed E-state index contributed by atoms with van der Waals surface area (Å²) in [5.41, 5.74) is 3.00. The molecule has 136 valence electrons. The summed E-state index contributed by atoms with van der Waals surface area (Å²) in [7, 11) is 0. The number of aryl methyl sites for hydroxylation is 1. The van der Waals surface area contributed by atoms with Crippen molar-refractivity contribution in [2.75, 3.05) is 13.2 Å². The number of fused-ring (bicyclic) bond motifs is 1. The standard InChI is InChI=1S/C20H20ClNO4/c1-13-4-2-3-5-14(13)10-22-19(23)12-26-20(24)16-8-15-9-17(21)6-7-18(15)25-11-16/h2-7,9,16H,8,10-12H2,1H3,(H,22,23)/t16-/m1/s1. The first-order valence-electron chi connectivity index (χ1n) is 8.42. The predicted octanol–water partition coefficient (Wildman–Crippen LogP) is 3.06. The van der Waals surface area contributed by atoms with Gasteiger partial charge in [-0.3, -0.25) is 9.59 Å². The zero-order valence-corrected chi connectivity index (χ0v) is 15.2. The minimum absolute atomic E-state index is 0.234. The first kappa shape index (κ1) is 18.3. The lowest BCUT2D eigenvalue weighted by Gasteiger charge is -2.24. The second kappa shape index (κ2) is 8.23. The van der Waals surface area contributed by atoms with Crippen molar-refractivity contribution in [1.82, 2.24) is 5.32 Å². The van der Waals surface area contributed by atoms with Crippen LogP contribution in [-0.4, -0.2) is 25.1 Å². The lowest BCUT2D eigenvalue weighted by atomic mass is 9.97. The van der Waals surface area contributed by atoms with E-state index in [-0.39, 0.29) is 19.1 Å². The Morgan fingerprint density at radius 3 is 2.88 bits per heavy atom. The minimum Gasteiger partial charge on any atom is -0.492 e. The van der Waals surface area contributed by atoms with Gasteiger partial charge in [-0.2, -0.15) is 0 Å². The quantitative estimate of drug-likeness (QED) is 0.818. The molecule has 2 aromatic carbocycles. The van der Waals surface area contributed by atoms with Crippen LogP contribution in [0, 0.1) is 12.8 Å². The van der Waals surface area contributed by atoms with Gasteiger partial charge in [-0.15, -0.1) is 0 Å². The van der Waals surface area contributed by atoms with E-state index in [1.807, 2.05) is 31.2 Å². The predicted molar refractivity (Wildman–Crippen MR) is 98.1 cm³/mol. The Morgan fingerprint density at radius 1 is 1.27 bits per heavy atom. The third-order valence-electron chi connectivity index (χ3n) is 4.34. The van der Waals surface area contributed by atoms with Crippen molar-refractivity contribution >= 4 is 23.5 Å². The van der Waals surface area contributed by atoms with E-state index in [1.165, 1.54) is 0 Å². The van der Waals surface area contributed by atoms with Gasteiger partial charge in [-0.25, -0.2) is 0 Å². The van der Waals surface area contributed by atoms with Crippen LogP contribution >= 0.6 is 11.6 Å². The van der Waals surface area contributed by atoms with E-state index in [9.17, 15) is 9.59 Å². The third-order valence-corrected chi connectivity index (χ3v) is 4.58. The van der Waals surface area contributed by atoms with Gasteiger partial charge in [0.2, 0.25) is 0 Å². The van der Waals surface area contributed by atoms with Crippen LogP contribution in [0.3, 0.4) is 0 Å². The molecule has 5 nitrogen and oxygen atoms in total. The summed E-state index contributed by atoms with van der Waals surface area (Å²) in [4.78, 5) is 24.1. The molecular formula is C20H20ClNO4. The summed E-state index contributed by atoms with van der Waals surface area (Å²) in [6.45, 7) is 2.32. The van der Waals surface area contributed by atoms with Crippen LogP contribution in [0.5, 0.6) is 5.75 Å². The van der Waals surface area contributed by atoms with Gasteiger partial charge in [-0.1, -0.05) is 35.9 Å². The number of hydrogen-bond acceptors (Lipinski definition) is 4. The summed E-state index contributed by atoms with van der Waals surface area (Å²) >= 11 is 5.98. The number of hydrogen-bond donors (Lipinski definition) is 1. The van der Waals surface area contributed by atoms with E-state index >= 15 is 0 Å². The van der Waals surface area contributed by atoms with Crippen LogP contribution in [0.15, 0.2) is 42.5 Å². The first-order valence-corrected chi connectivity index (χ1v) is 8.80. The molecule has 0 radical (unpaired) electrons. The molecule has 1 aliphatic rings. The normalized spacial score (nSPS) is 15.5. The molecule has 6 heteroatoms. The van der Waals surface area contributed by atoms with Crippen molar-refractivity contribution in [3.63, 3.8) is 0 Å². The Kier molecular flexibility index (Phi) is 5.78. The largest absolute Gasteiger partial charge is 0.492 e. The minimum atomic E-state index is -0.443. The molecule has 0 fully saturated rings. The molecule has 0 aliphatic carbocycles. The SMILES string of the molecule is Cc1ccccc1CNC(=O)COC(=O)[C@H]1COc2ccc(Cl)cc2C1. The molecule has 1 aliphatic heterocycles. The molecule has 0 saturated carbocycles. The van der Waals surface area contributed by atoms with Gasteiger partial charge in [0.1, 0.15) is 12.4 Å². The maximum absolute atomic E-state index is 12.2. The van der Waals surface area contributed by atoms with Gasteiger partial charge in [-0.05, 0) is 48.2 Å².